The van der Waals surface area contributed by atoms with Gasteiger partial charge in [0.2, 0.25) is 0 Å². The van der Waals surface area contributed by atoms with Crippen LogP contribution in [0.5, 0.6) is 0 Å². The second-order valence-corrected chi connectivity index (χ2v) is 3.62. The Balaban J connectivity index is 2.30. The number of hydrogen-bond donors (Lipinski definition) is 0. The van der Waals surface area contributed by atoms with Crippen molar-refractivity contribution in [2.45, 2.75) is 6.92 Å². The van der Waals surface area contributed by atoms with Crippen LogP contribution in [0.15, 0.2) is 18.2 Å². The fourth-order valence-electron chi connectivity index (χ4n) is 1.83. The van der Waals surface area contributed by atoms with Crippen LogP contribution in [0.1, 0.15) is 17.3 Å². The van der Waals surface area contributed by atoms with Crippen molar-refractivity contribution in [2.75, 3.05) is 24.7 Å². The number of amides is 1. The number of fused-ring (bicyclic) bond motifs is 1. The largest absolute Gasteiger partial charge is 0.380 e. The van der Waals surface area contributed by atoms with Gasteiger partial charge in [0.15, 0.2) is 0 Å². The number of ketones is 1. The first-order valence-corrected chi connectivity index (χ1v) is 5.39. The molecule has 1 aromatic rings. The molecule has 1 aromatic carbocycles. The Kier molecular flexibility index (Phi) is 3.19. The Morgan fingerprint density at radius 1 is 1.35 bits per heavy atom. The standard InChI is InChI=1S/C12H12FNO3/c1-2-17-7-6-14-10-8(11(15)12(14)16)4-3-5-9(10)13/h3-5H,2,6-7H2,1H3. The molecule has 1 aliphatic rings. The first-order chi connectivity index (χ1) is 8.16. The summed E-state index contributed by atoms with van der Waals surface area (Å²) in [4.78, 5) is 24.4. The monoisotopic (exact) mass is 237 g/mol. The summed E-state index contributed by atoms with van der Waals surface area (Å²) in [6.45, 7) is 2.81. The number of para-hydroxylation sites is 1. The number of rotatable bonds is 4. The molecule has 1 aliphatic heterocycles. The van der Waals surface area contributed by atoms with Gasteiger partial charge in [0.1, 0.15) is 5.82 Å². The molecule has 0 bridgehead atoms. The molecule has 0 saturated heterocycles. The van der Waals surface area contributed by atoms with E-state index in [9.17, 15) is 14.0 Å². The maximum absolute atomic E-state index is 13.6. The second kappa shape index (κ2) is 4.63. The van der Waals surface area contributed by atoms with Crippen LogP contribution < -0.4 is 4.90 Å². The molecule has 0 unspecified atom stereocenters. The molecular weight excluding hydrogens is 225 g/mol. The summed E-state index contributed by atoms with van der Waals surface area (Å²) in [7, 11) is 0. The number of carbonyl (C=O) groups excluding carboxylic acids is 2. The molecule has 0 aliphatic carbocycles. The van der Waals surface area contributed by atoms with Crippen LogP contribution in [0, 0.1) is 5.82 Å². The summed E-state index contributed by atoms with van der Waals surface area (Å²) in [6.07, 6.45) is 0. The summed E-state index contributed by atoms with van der Waals surface area (Å²) in [6, 6.07) is 4.11. The van der Waals surface area contributed by atoms with Crippen molar-refractivity contribution in [3.8, 4) is 0 Å². The predicted octanol–water partition coefficient (Wildman–Crippen LogP) is 1.39. The third-order valence-electron chi connectivity index (χ3n) is 2.60. The third-order valence-corrected chi connectivity index (χ3v) is 2.60. The maximum atomic E-state index is 13.6. The van der Waals surface area contributed by atoms with E-state index in [1.165, 1.54) is 18.2 Å². The second-order valence-electron chi connectivity index (χ2n) is 3.62. The number of benzene rings is 1. The van der Waals surface area contributed by atoms with Crippen LogP contribution in [0.2, 0.25) is 0 Å². The topological polar surface area (TPSA) is 46.6 Å². The molecule has 5 heteroatoms. The number of halogens is 1. The average molecular weight is 237 g/mol. The first kappa shape index (κ1) is 11.7. The Labute approximate surface area is 98.0 Å². The van der Waals surface area contributed by atoms with E-state index in [4.69, 9.17) is 4.74 Å². The van der Waals surface area contributed by atoms with Gasteiger partial charge in [-0.05, 0) is 19.1 Å². The van der Waals surface area contributed by atoms with Gasteiger partial charge in [-0.3, -0.25) is 14.5 Å². The van der Waals surface area contributed by atoms with Crippen LogP contribution in [-0.4, -0.2) is 31.4 Å². The zero-order valence-electron chi connectivity index (χ0n) is 9.40. The molecule has 0 fully saturated rings. The normalized spacial score (nSPS) is 14.4. The molecule has 0 spiro atoms. The predicted molar refractivity (Wildman–Crippen MR) is 59.6 cm³/mol. The lowest BCUT2D eigenvalue weighted by molar-refractivity contribution is -0.114. The van der Waals surface area contributed by atoms with Crippen molar-refractivity contribution in [2.24, 2.45) is 0 Å². The number of ether oxygens (including phenoxy) is 1. The molecule has 4 nitrogen and oxygen atoms in total. The smallest absolute Gasteiger partial charge is 0.299 e. The minimum absolute atomic E-state index is 0.0715. The zero-order valence-corrected chi connectivity index (χ0v) is 9.40. The minimum atomic E-state index is -0.690. The molecular formula is C12H12FNO3. The van der Waals surface area contributed by atoms with Gasteiger partial charge in [0.25, 0.3) is 11.7 Å². The quantitative estimate of drug-likeness (QED) is 0.587. The molecule has 17 heavy (non-hydrogen) atoms. The highest BCUT2D eigenvalue weighted by atomic mass is 19.1. The van der Waals surface area contributed by atoms with Crippen LogP contribution >= 0.6 is 0 Å². The highest BCUT2D eigenvalue weighted by molar-refractivity contribution is 6.52. The van der Waals surface area contributed by atoms with Crippen molar-refractivity contribution < 1.29 is 18.7 Å². The average Bonchev–Trinajstić information content (AvgIpc) is 2.56. The van der Waals surface area contributed by atoms with Gasteiger partial charge in [0, 0.05) is 13.2 Å². The molecule has 0 radical (unpaired) electrons. The van der Waals surface area contributed by atoms with Gasteiger partial charge >= 0.3 is 0 Å². The first-order valence-electron chi connectivity index (χ1n) is 5.39. The molecule has 1 amide bonds. The zero-order chi connectivity index (χ0) is 12.4. The maximum Gasteiger partial charge on any atom is 0.299 e. The van der Waals surface area contributed by atoms with Crippen LogP contribution in [0.3, 0.4) is 0 Å². The fourth-order valence-corrected chi connectivity index (χ4v) is 1.83. The van der Waals surface area contributed by atoms with Crippen LogP contribution in [0.4, 0.5) is 10.1 Å². The van der Waals surface area contributed by atoms with E-state index in [-0.39, 0.29) is 24.4 Å². The lowest BCUT2D eigenvalue weighted by atomic mass is 10.1. The van der Waals surface area contributed by atoms with Crippen molar-refractivity contribution in [1.29, 1.82) is 0 Å². The molecule has 2 rings (SSSR count). The Hall–Kier alpha value is -1.75. The molecule has 0 aromatic heterocycles. The summed E-state index contributed by atoms with van der Waals surface area (Å²) in [5.41, 5.74) is 0.203. The van der Waals surface area contributed by atoms with Crippen molar-refractivity contribution in [1.82, 2.24) is 0 Å². The van der Waals surface area contributed by atoms with Gasteiger partial charge < -0.3 is 4.74 Å². The molecule has 0 saturated carbocycles. The Bertz CT molecular complexity index is 473. The van der Waals surface area contributed by atoms with Gasteiger partial charge in [-0.15, -0.1) is 0 Å². The van der Waals surface area contributed by atoms with E-state index in [1.54, 1.807) is 0 Å². The number of anilines is 1. The SMILES string of the molecule is CCOCCN1C(=O)C(=O)c2cccc(F)c21. The molecule has 1 heterocycles. The van der Waals surface area contributed by atoms with Gasteiger partial charge in [-0.25, -0.2) is 4.39 Å². The highest BCUT2D eigenvalue weighted by Gasteiger charge is 2.37. The molecule has 90 valence electrons. The molecule has 0 N–H and O–H groups in total. The number of carbonyl (C=O) groups is 2. The number of hydrogen-bond acceptors (Lipinski definition) is 3. The fraction of sp³-hybridized carbons (Fsp3) is 0.333. The van der Waals surface area contributed by atoms with Gasteiger partial charge in [-0.1, -0.05) is 6.07 Å². The summed E-state index contributed by atoms with van der Waals surface area (Å²) in [5.74, 6) is -1.90. The van der Waals surface area contributed by atoms with E-state index in [0.29, 0.717) is 6.61 Å². The highest BCUT2D eigenvalue weighted by Crippen LogP contribution is 2.31. The van der Waals surface area contributed by atoms with Crippen molar-refractivity contribution in [3.05, 3.63) is 29.6 Å². The summed E-state index contributed by atoms with van der Waals surface area (Å²) >= 11 is 0. The minimum Gasteiger partial charge on any atom is -0.380 e. The third kappa shape index (κ3) is 1.93. The Morgan fingerprint density at radius 3 is 2.82 bits per heavy atom. The van der Waals surface area contributed by atoms with E-state index in [1.807, 2.05) is 6.92 Å². The summed E-state index contributed by atoms with van der Waals surface area (Å²) in [5, 5.41) is 0. The lowest BCUT2D eigenvalue weighted by Gasteiger charge is -2.16. The lowest BCUT2D eigenvalue weighted by Crippen LogP contribution is -2.33. The Morgan fingerprint density at radius 2 is 2.12 bits per heavy atom. The van der Waals surface area contributed by atoms with Crippen molar-refractivity contribution in [3.63, 3.8) is 0 Å². The van der Waals surface area contributed by atoms with E-state index >= 15 is 0 Å². The molecule has 0 atom stereocenters. The van der Waals surface area contributed by atoms with Gasteiger partial charge in [0.05, 0.1) is 17.9 Å². The van der Waals surface area contributed by atoms with E-state index in [0.717, 1.165) is 4.90 Å². The van der Waals surface area contributed by atoms with E-state index in [2.05, 4.69) is 0 Å². The number of Topliss-reactive ketones (excluding diaryl/α,β-unsaturated/α-hetero) is 1. The van der Waals surface area contributed by atoms with Crippen LogP contribution in [-0.2, 0) is 9.53 Å². The van der Waals surface area contributed by atoms with E-state index < -0.39 is 17.5 Å². The number of nitrogens with zero attached hydrogens (tertiary/aromatic N) is 1. The van der Waals surface area contributed by atoms with Gasteiger partial charge in [-0.2, -0.15) is 0 Å². The summed E-state index contributed by atoms with van der Waals surface area (Å²) < 4.78 is 18.7. The van der Waals surface area contributed by atoms with Crippen LogP contribution in [0.25, 0.3) is 0 Å². The van der Waals surface area contributed by atoms with Crippen molar-refractivity contribution >= 4 is 17.4 Å².